The molecular weight excluding hydrogens is 493 g/mol. The van der Waals surface area contributed by atoms with Gasteiger partial charge >= 0.3 is 6.18 Å². The summed E-state index contributed by atoms with van der Waals surface area (Å²) in [6, 6.07) is 4.65. The molecular formula is C21H23F3N4O4S2. The number of hydrogen-bond acceptors (Lipinski definition) is 6. The molecule has 13 heteroatoms. The number of imidazole rings is 1. The zero-order valence-electron chi connectivity index (χ0n) is 18.9. The van der Waals surface area contributed by atoms with Crippen molar-refractivity contribution in [1.82, 2.24) is 14.5 Å². The molecule has 0 atom stereocenters. The van der Waals surface area contributed by atoms with Crippen molar-refractivity contribution in [3.05, 3.63) is 41.6 Å². The van der Waals surface area contributed by atoms with Crippen LogP contribution in [0.5, 0.6) is 0 Å². The van der Waals surface area contributed by atoms with Crippen LogP contribution in [-0.2, 0) is 32.8 Å². The van der Waals surface area contributed by atoms with Gasteiger partial charge in [-0.3, -0.25) is 4.79 Å². The second kappa shape index (κ2) is 9.10. The van der Waals surface area contributed by atoms with Gasteiger partial charge in [0.15, 0.2) is 15.5 Å². The molecule has 0 N–H and O–H groups in total. The summed E-state index contributed by atoms with van der Waals surface area (Å²) in [5.41, 5.74) is -0.888. The Bertz CT molecular complexity index is 1490. The Hall–Kier alpha value is -2.80. The average molecular weight is 517 g/mol. The fourth-order valence-electron chi connectivity index (χ4n) is 3.26. The molecule has 0 saturated carbocycles. The van der Waals surface area contributed by atoms with Crippen LogP contribution in [0, 0.1) is 0 Å². The Balaban J connectivity index is 2.25. The van der Waals surface area contributed by atoms with Crippen LogP contribution in [0.25, 0.3) is 22.6 Å². The third-order valence-electron chi connectivity index (χ3n) is 5.37. The molecule has 0 unspecified atom stereocenters. The predicted molar refractivity (Wildman–Crippen MR) is 123 cm³/mol. The zero-order chi connectivity index (χ0) is 25.5. The first kappa shape index (κ1) is 25.8. The van der Waals surface area contributed by atoms with E-state index in [1.165, 1.54) is 30.7 Å². The van der Waals surface area contributed by atoms with E-state index in [0.29, 0.717) is 6.20 Å². The lowest BCUT2D eigenvalue weighted by molar-refractivity contribution is -0.137. The standard InChI is InChI=1S/C21H23F3N4O4S2/c1-5-33(30,6-2)27-20(29)13-8-9-15(17(10-13)34(31,32)7-3)18-26-16-11-14(21(22,23)24)12-25-19(16)28(18)4/h8-12H,5-7H2,1-4H3. The van der Waals surface area contributed by atoms with E-state index < -0.39 is 37.2 Å². The number of hydrogen-bond donors (Lipinski definition) is 0. The van der Waals surface area contributed by atoms with Gasteiger partial charge < -0.3 is 4.57 Å². The lowest BCUT2D eigenvalue weighted by Crippen LogP contribution is -2.12. The smallest absolute Gasteiger partial charge is 0.312 e. The van der Waals surface area contributed by atoms with E-state index in [1.807, 2.05) is 0 Å². The van der Waals surface area contributed by atoms with Crippen molar-refractivity contribution >= 4 is 36.6 Å². The van der Waals surface area contributed by atoms with Crippen LogP contribution in [0.15, 0.2) is 39.7 Å². The summed E-state index contributed by atoms with van der Waals surface area (Å²) in [6.07, 6.45) is -3.93. The van der Waals surface area contributed by atoms with E-state index in [-0.39, 0.29) is 50.3 Å². The molecule has 0 spiro atoms. The van der Waals surface area contributed by atoms with Crippen LogP contribution in [0.4, 0.5) is 13.2 Å². The van der Waals surface area contributed by atoms with Crippen molar-refractivity contribution in [3.63, 3.8) is 0 Å². The molecule has 2 aromatic heterocycles. The topological polar surface area (TPSA) is 111 Å². The minimum atomic E-state index is -4.61. The summed E-state index contributed by atoms with van der Waals surface area (Å²) in [4.78, 5) is 20.5. The van der Waals surface area contributed by atoms with Gasteiger partial charge in [-0.2, -0.15) is 17.5 Å². The summed E-state index contributed by atoms with van der Waals surface area (Å²) in [7, 11) is -5.15. The molecule has 1 amide bonds. The number of pyridine rings is 1. The summed E-state index contributed by atoms with van der Waals surface area (Å²) in [5.74, 6) is -0.707. The molecule has 0 aliphatic rings. The van der Waals surface area contributed by atoms with Gasteiger partial charge in [-0.15, -0.1) is 0 Å². The third kappa shape index (κ3) is 4.85. The number of rotatable bonds is 6. The van der Waals surface area contributed by atoms with Crippen LogP contribution < -0.4 is 0 Å². The van der Waals surface area contributed by atoms with E-state index in [4.69, 9.17) is 0 Å². The first-order valence-corrected chi connectivity index (χ1v) is 13.8. The molecule has 0 radical (unpaired) electrons. The van der Waals surface area contributed by atoms with Crippen molar-refractivity contribution in [2.45, 2.75) is 31.8 Å². The number of carbonyl (C=O) groups is 1. The normalized spacial score (nSPS) is 12.8. The molecule has 184 valence electrons. The van der Waals surface area contributed by atoms with Crippen LogP contribution in [0.1, 0.15) is 36.7 Å². The van der Waals surface area contributed by atoms with E-state index in [0.717, 1.165) is 12.1 Å². The van der Waals surface area contributed by atoms with Gasteiger partial charge in [0.05, 0.1) is 25.9 Å². The summed E-state index contributed by atoms with van der Waals surface area (Å²) in [5, 5.41) is 0. The second-order valence-electron chi connectivity index (χ2n) is 7.42. The number of sulfone groups is 1. The van der Waals surface area contributed by atoms with E-state index in [1.54, 1.807) is 13.8 Å². The van der Waals surface area contributed by atoms with Gasteiger partial charge in [0.25, 0.3) is 5.91 Å². The van der Waals surface area contributed by atoms with Crippen molar-refractivity contribution in [3.8, 4) is 11.4 Å². The number of alkyl halides is 3. The number of aromatic nitrogens is 3. The Morgan fingerprint density at radius 1 is 1.06 bits per heavy atom. The molecule has 3 rings (SSSR count). The van der Waals surface area contributed by atoms with Crippen molar-refractivity contribution < 1.29 is 30.6 Å². The largest absolute Gasteiger partial charge is 0.417 e. The number of amides is 1. The highest BCUT2D eigenvalue weighted by Gasteiger charge is 2.32. The molecule has 0 saturated heterocycles. The van der Waals surface area contributed by atoms with Crippen LogP contribution in [-0.4, -0.2) is 50.3 Å². The van der Waals surface area contributed by atoms with Crippen LogP contribution in [0.3, 0.4) is 0 Å². The fourth-order valence-corrected chi connectivity index (χ4v) is 5.45. The van der Waals surface area contributed by atoms with Gasteiger partial charge in [0, 0.05) is 35.9 Å². The molecule has 0 aliphatic heterocycles. The Labute approximate surface area is 195 Å². The van der Waals surface area contributed by atoms with Crippen molar-refractivity contribution in [1.29, 1.82) is 0 Å². The number of carbonyl (C=O) groups excluding carboxylic acids is 1. The highest BCUT2D eigenvalue weighted by atomic mass is 32.2. The molecule has 2 heterocycles. The number of aryl methyl sites for hydroxylation is 1. The van der Waals surface area contributed by atoms with Crippen LogP contribution >= 0.6 is 0 Å². The van der Waals surface area contributed by atoms with Gasteiger partial charge in [0.1, 0.15) is 11.3 Å². The monoisotopic (exact) mass is 516 g/mol. The van der Waals surface area contributed by atoms with E-state index >= 15 is 0 Å². The number of nitrogens with zero attached hydrogens (tertiary/aromatic N) is 4. The quantitative estimate of drug-likeness (QED) is 0.488. The van der Waals surface area contributed by atoms with E-state index in [2.05, 4.69) is 14.3 Å². The van der Waals surface area contributed by atoms with Gasteiger partial charge in [-0.25, -0.2) is 22.6 Å². The average Bonchev–Trinajstić information content (AvgIpc) is 3.13. The maximum Gasteiger partial charge on any atom is 0.417 e. The maximum absolute atomic E-state index is 13.1. The summed E-state index contributed by atoms with van der Waals surface area (Å²) < 4.78 is 82.8. The number of fused-ring (bicyclic) bond motifs is 1. The van der Waals surface area contributed by atoms with Crippen molar-refractivity contribution in [2.24, 2.45) is 11.4 Å². The van der Waals surface area contributed by atoms with E-state index in [9.17, 15) is 30.6 Å². The molecule has 0 fully saturated rings. The zero-order valence-corrected chi connectivity index (χ0v) is 20.5. The van der Waals surface area contributed by atoms with Gasteiger partial charge in [-0.1, -0.05) is 20.8 Å². The molecule has 0 aliphatic carbocycles. The first-order valence-electron chi connectivity index (χ1n) is 10.3. The van der Waals surface area contributed by atoms with Crippen LogP contribution in [0.2, 0.25) is 0 Å². The third-order valence-corrected chi connectivity index (χ3v) is 9.44. The Kier molecular flexibility index (Phi) is 6.91. The molecule has 8 nitrogen and oxygen atoms in total. The SMILES string of the molecule is CCS(=O)(=O)c1cc(C(=O)N=S(=O)(CC)CC)ccc1-c1nc2cc(C(F)(F)F)cnc2n1C. The fraction of sp³-hybridized carbons (Fsp3) is 0.381. The Morgan fingerprint density at radius 2 is 1.71 bits per heavy atom. The van der Waals surface area contributed by atoms with Crippen molar-refractivity contribution in [2.75, 3.05) is 17.3 Å². The lowest BCUT2D eigenvalue weighted by Gasteiger charge is -2.11. The predicted octanol–water partition coefficient (Wildman–Crippen LogP) is 4.10. The highest BCUT2D eigenvalue weighted by molar-refractivity contribution is 7.93. The van der Waals surface area contributed by atoms with Gasteiger partial charge in [0.2, 0.25) is 0 Å². The molecule has 34 heavy (non-hydrogen) atoms. The second-order valence-corrected chi connectivity index (χ2v) is 12.5. The molecule has 0 bridgehead atoms. The first-order chi connectivity index (χ1) is 15.8. The van der Waals surface area contributed by atoms with Gasteiger partial charge in [-0.05, 0) is 24.3 Å². The minimum absolute atomic E-state index is 0.0621. The summed E-state index contributed by atoms with van der Waals surface area (Å²) >= 11 is 0. The lowest BCUT2D eigenvalue weighted by atomic mass is 10.1. The minimum Gasteiger partial charge on any atom is -0.312 e. The number of benzene rings is 1. The summed E-state index contributed by atoms with van der Waals surface area (Å²) in [6.45, 7) is 4.70. The Morgan fingerprint density at radius 3 is 2.26 bits per heavy atom. The molecule has 3 aromatic rings. The maximum atomic E-state index is 13.1. The molecule has 1 aromatic carbocycles. The number of halogens is 3. The highest BCUT2D eigenvalue weighted by Crippen LogP contribution is 2.33.